The van der Waals surface area contributed by atoms with Crippen LogP contribution < -0.4 is 15.8 Å². The standard InChI is InChI=1S/C23H22N6O2/c30-20(11-14-29-15-24-17-8-2-1-7-16(17)23(29)31)27-21-22(28-12-5-6-13-28)26-19-10-4-3-9-18(19)25-21/h1-4,7-10,15H,5-6,11-14H2,(H,25,27,30). The molecule has 5 rings (SSSR count). The normalized spacial score (nSPS) is 13.7. The van der Waals surface area contributed by atoms with Crippen LogP contribution in [0.25, 0.3) is 21.9 Å². The second-order valence-electron chi connectivity index (χ2n) is 7.64. The Bertz CT molecular complexity index is 1330. The zero-order valence-electron chi connectivity index (χ0n) is 17.0. The van der Waals surface area contributed by atoms with Gasteiger partial charge in [-0.2, -0.15) is 0 Å². The lowest BCUT2D eigenvalue weighted by atomic mass is 10.2. The van der Waals surface area contributed by atoms with Crippen molar-refractivity contribution in [3.63, 3.8) is 0 Å². The number of nitrogens with zero attached hydrogens (tertiary/aromatic N) is 5. The summed E-state index contributed by atoms with van der Waals surface area (Å²) < 4.78 is 1.47. The average molecular weight is 414 g/mol. The van der Waals surface area contributed by atoms with Crippen LogP contribution in [0.3, 0.4) is 0 Å². The van der Waals surface area contributed by atoms with Gasteiger partial charge in [-0.1, -0.05) is 24.3 Å². The van der Waals surface area contributed by atoms with Gasteiger partial charge in [-0.25, -0.2) is 15.0 Å². The van der Waals surface area contributed by atoms with Crippen LogP contribution in [-0.2, 0) is 11.3 Å². The van der Waals surface area contributed by atoms with Gasteiger partial charge in [-0.3, -0.25) is 14.2 Å². The van der Waals surface area contributed by atoms with E-state index in [1.54, 1.807) is 18.2 Å². The van der Waals surface area contributed by atoms with E-state index in [2.05, 4.69) is 20.2 Å². The van der Waals surface area contributed by atoms with E-state index in [4.69, 9.17) is 4.98 Å². The summed E-state index contributed by atoms with van der Waals surface area (Å²) in [4.78, 5) is 41.2. The lowest BCUT2D eigenvalue weighted by molar-refractivity contribution is -0.116. The molecule has 1 fully saturated rings. The van der Waals surface area contributed by atoms with Crippen molar-refractivity contribution in [2.24, 2.45) is 0 Å². The van der Waals surface area contributed by atoms with E-state index in [0.717, 1.165) is 37.0 Å². The minimum Gasteiger partial charge on any atom is -0.354 e. The lowest BCUT2D eigenvalue weighted by Gasteiger charge is -2.20. The molecule has 8 heteroatoms. The maximum absolute atomic E-state index is 12.7. The first-order valence-corrected chi connectivity index (χ1v) is 10.4. The SMILES string of the molecule is O=C(CCn1cnc2ccccc2c1=O)Nc1nc2ccccc2nc1N1CCCC1. The molecule has 0 aliphatic carbocycles. The van der Waals surface area contributed by atoms with Crippen molar-refractivity contribution in [2.75, 3.05) is 23.3 Å². The van der Waals surface area contributed by atoms with Crippen LogP contribution in [0.4, 0.5) is 11.6 Å². The van der Waals surface area contributed by atoms with Gasteiger partial charge in [0.05, 0.1) is 28.3 Å². The zero-order valence-corrected chi connectivity index (χ0v) is 17.0. The number of hydrogen-bond donors (Lipinski definition) is 1. The molecule has 0 atom stereocenters. The predicted molar refractivity (Wildman–Crippen MR) is 120 cm³/mol. The van der Waals surface area contributed by atoms with Gasteiger partial charge in [0.15, 0.2) is 11.6 Å². The van der Waals surface area contributed by atoms with Crippen LogP contribution >= 0.6 is 0 Å². The summed E-state index contributed by atoms with van der Waals surface area (Å²) in [5.41, 5.74) is 2.03. The van der Waals surface area contributed by atoms with Crippen molar-refractivity contribution in [1.29, 1.82) is 0 Å². The van der Waals surface area contributed by atoms with Gasteiger partial charge < -0.3 is 10.2 Å². The number of aromatic nitrogens is 4. The quantitative estimate of drug-likeness (QED) is 0.540. The molecule has 156 valence electrons. The molecule has 2 aromatic carbocycles. The van der Waals surface area contributed by atoms with Gasteiger partial charge in [-0.05, 0) is 37.1 Å². The Kier molecular flexibility index (Phi) is 5.03. The van der Waals surface area contributed by atoms with Crippen LogP contribution in [0, 0.1) is 0 Å². The van der Waals surface area contributed by atoms with Crippen molar-refractivity contribution in [1.82, 2.24) is 19.5 Å². The van der Waals surface area contributed by atoms with Crippen LogP contribution in [0.2, 0.25) is 0 Å². The molecule has 0 unspecified atom stereocenters. The Morgan fingerprint density at radius 1 is 0.935 bits per heavy atom. The fourth-order valence-electron chi connectivity index (χ4n) is 3.91. The van der Waals surface area contributed by atoms with Gasteiger partial charge in [0.25, 0.3) is 5.56 Å². The summed E-state index contributed by atoms with van der Waals surface area (Å²) in [6.45, 7) is 2.03. The minimum absolute atomic E-state index is 0.133. The number of para-hydroxylation sites is 3. The number of fused-ring (bicyclic) bond motifs is 2. The third-order valence-corrected chi connectivity index (χ3v) is 5.53. The van der Waals surface area contributed by atoms with Crippen molar-refractivity contribution in [3.8, 4) is 0 Å². The number of carbonyl (C=O) groups is 1. The highest BCUT2D eigenvalue weighted by atomic mass is 16.2. The molecule has 2 aromatic heterocycles. The third-order valence-electron chi connectivity index (χ3n) is 5.53. The Morgan fingerprint density at radius 3 is 2.39 bits per heavy atom. The topological polar surface area (TPSA) is 93.0 Å². The number of benzene rings is 2. The molecule has 1 aliphatic rings. The minimum atomic E-state index is -0.218. The summed E-state index contributed by atoms with van der Waals surface area (Å²) in [5.74, 6) is 0.953. The fourth-order valence-corrected chi connectivity index (χ4v) is 3.91. The van der Waals surface area contributed by atoms with E-state index in [9.17, 15) is 9.59 Å². The summed E-state index contributed by atoms with van der Waals surface area (Å²) in [5, 5.41) is 3.46. The highest BCUT2D eigenvalue weighted by molar-refractivity contribution is 5.94. The molecular weight excluding hydrogens is 392 g/mol. The summed E-state index contributed by atoms with van der Waals surface area (Å²) in [6, 6.07) is 14.8. The first kappa shape index (κ1) is 19.2. The number of amides is 1. The third kappa shape index (κ3) is 3.84. The van der Waals surface area contributed by atoms with E-state index in [1.807, 2.05) is 30.3 Å². The average Bonchev–Trinajstić information content (AvgIpc) is 3.33. The lowest BCUT2D eigenvalue weighted by Crippen LogP contribution is -2.25. The molecule has 1 aliphatic heterocycles. The van der Waals surface area contributed by atoms with Crippen LogP contribution in [-0.4, -0.2) is 38.5 Å². The summed E-state index contributed by atoms with van der Waals surface area (Å²) >= 11 is 0. The maximum atomic E-state index is 12.7. The molecule has 8 nitrogen and oxygen atoms in total. The van der Waals surface area contributed by atoms with Gasteiger partial charge in [0, 0.05) is 26.1 Å². The van der Waals surface area contributed by atoms with Crippen LogP contribution in [0.1, 0.15) is 19.3 Å². The monoisotopic (exact) mass is 414 g/mol. The highest BCUT2D eigenvalue weighted by Gasteiger charge is 2.20. The molecule has 3 heterocycles. The molecule has 1 N–H and O–H groups in total. The van der Waals surface area contributed by atoms with Crippen LogP contribution in [0.5, 0.6) is 0 Å². The highest BCUT2D eigenvalue weighted by Crippen LogP contribution is 2.27. The van der Waals surface area contributed by atoms with E-state index < -0.39 is 0 Å². The van der Waals surface area contributed by atoms with Crippen molar-refractivity contribution >= 4 is 39.5 Å². The maximum Gasteiger partial charge on any atom is 0.261 e. The summed E-state index contributed by atoms with van der Waals surface area (Å²) in [7, 11) is 0. The second kappa shape index (κ2) is 8.14. The van der Waals surface area contributed by atoms with E-state index in [1.165, 1.54) is 10.9 Å². The number of anilines is 2. The van der Waals surface area contributed by atoms with Crippen molar-refractivity contribution < 1.29 is 4.79 Å². The van der Waals surface area contributed by atoms with Gasteiger partial charge in [0.1, 0.15) is 0 Å². The molecule has 0 radical (unpaired) electrons. The Labute approximate surface area is 178 Å². The van der Waals surface area contributed by atoms with Gasteiger partial charge in [-0.15, -0.1) is 0 Å². The van der Waals surface area contributed by atoms with Crippen LogP contribution in [0.15, 0.2) is 59.7 Å². The number of aryl methyl sites for hydroxylation is 1. The largest absolute Gasteiger partial charge is 0.354 e. The van der Waals surface area contributed by atoms with E-state index >= 15 is 0 Å². The fraction of sp³-hybridized carbons (Fsp3) is 0.261. The molecular formula is C23H22N6O2. The Morgan fingerprint density at radius 2 is 1.61 bits per heavy atom. The van der Waals surface area contributed by atoms with E-state index in [0.29, 0.717) is 22.5 Å². The molecule has 1 amide bonds. The Hall–Kier alpha value is -3.81. The molecule has 4 aromatic rings. The number of hydrogen-bond acceptors (Lipinski definition) is 6. The Balaban J connectivity index is 1.37. The zero-order chi connectivity index (χ0) is 21.2. The van der Waals surface area contributed by atoms with Gasteiger partial charge >= 0.3 is 0 Å². The summed E-state index contributed by atoms with van der Waals surface area (Å²) in [6.07, 6.45) is 3.82. The van der Waals surface area contributed by atoms with Gasteiger partial charge in [0.2, 0.25) is 5.91 Å². The van der Waals surface area contributed by atoms with Crippen molar-refractivity contribution in [2.45, 2.75) is 25.8 Å². The number of carbonyl (C=O) groups excluding carboxylic acids is 1. The second-order valence-corrected chi connectivity index (χ2v) is 7.64. The molecule has 1 saturated heterocycles. The smallest absolute Gasteiger partial charge is 0.261 e. The number of nitrogens with one attached hydrogen (secondary N) is 1. The molecule has 31 heavy (non-hydrogen) atoms. The molecule has 0 spiro atoms. The molecule has 0 saturated carbocycles. The first-order valence-electron chi connectivity index (χ1n) is 10.4. The molecule has 0 bridgehead atoms. The first-order chi connectivity index (χ1) is 15.2. The van der Waals surface area contributed by atoms with Crippen molar-refractivity contribution in [3.05, 3.63) is 65.2 Å². The predicted octanol–water partition coefficient (Wildman–Crippen LogP) is 2.97. The van der Waals surface area contributed by atoms with E-state index in [-0.39, 0.29) is 24.4 Å². The number of rotatable bonds is 5.